The number of carbonyl (C=O) groups is 2. The molecule has 0 bridgehead atoms. The summed E-state index contributed by atoms with van der Waals surface area (Å²) in [6.07, 6.45) is 0. The van der Waals surface area contributed by atoms with Gasteiger partial charge in [-0.1, -0.05) is 29.8 Å². The summed E-state index contributed by atoms with van der Waals surface area (Å²) in [6.45, 7) is 2.12. The highest BCUT2D eigenvalue weighted by molar-refractivity contribution is 6.31. The second-order valence-corrected chi connectivity index (χ2v) is 6.58. The van der Waals surface area contributed by atoms with Crippen molar-refractivity contribution in [2.24, 2.45) is 0 Å². The second-order valence-electron chi connectivity index (χ2n) is 6.18. The first-order valence-corrected chi connectivity index (χ1v) is 8.63. The van der Waals surface area contributed by atoms with Crippen LogP contribution in [-0.4, -0.2) is 32.0 Å². The summed E-state index contributed by atoms with van der Waals surface area (Å²) in [7, 11) is 1.75. The van der Waals surface area contributed by atoms with Crippen molar-refractivity contribution in [3.8, 4) is 0 Å². The minimum atomic E-state index is -0.366. The first-order chi connectivity index (χ1) is 12.3. The number of benzene rings is 2. The van der Waals surface area contributed by atoms with Crippen molar-refractivity contribution in [3.05, 3.63) is 64.9 Å². The van der Waals surface area contributed by atoms with E-state index in [1.807, 2.05) is 25.1 Å². The molecular weight excluding hydrogens is 357 g/mol. The molecule has 5 nitrogen and oxygen atoms in total. The fraction of sp³-hybridized carbons (Fsp3) is 0.263. The fourth-order valence-corrected chi connectivity index (χ4v) is 2.85. The van der Waals surface area contributed by atoms with Crippen molar-refractivity contribution in [2.45, 2.75) is 13.0 Å². The summed E-state index contributed by atoms with van der Waals surface area (Å²) in [5.74, 6) is -0.791. The average Bonchev–Trinajstić information content (AvgIpc) is 2.56. The van der Waals surface area contributed by atoms with Crippen molar-refractivity contribution in [1.29, 1.82) is 0 Å². The van der Waals surface area contributed by atoms with Gasteiger partial charge in [0.1, 0.15) is 5.82 Å². The molecule has 0 spiro atoms. The highest BCUT2D eigenvalue weighted by Crippen LogP contribution is 2.21. The molecule has 0 saturated heterocycles. The van der Waals surface area contributed by atoms with Crippen molar-refractivity contribution >= 4 is 29.1 Å². The molecule has 0 fully saturated rings. The van der Waals surface area contributed by atoms with Gasteiger partial charge in [-0.15, -0.1) is 0 Å². The molecule has 1 unspecified atom stereocenters. The van der Waals surface area contributed by atoms with E-state index in [0.29, 0.717) is 10.7 Å². The SMILES string of the molecule is C[C@H](NC(=O)C[NH+](C)CC(=O)Nc1ccc(F)cc1)c1ccccc1Cl. The van der Waals surface area contributed by atoms with Crippen LogP contribution in [0.3, 0.4) is 0 Å². The fourth-order valence-electron chi connectivity index (χ4n) is 2.55. The summed E-state index contributed by atoms with van der Waals surface area (Å²) in [4.78, 5) is 24.9. The lowest BCUT2D eigenvalue weighted by Gasteiger charge is -2.18. The van der Waals surface area contributed by atoms with Crippen LogP contribution in [0.4, 0.5) is 10.1 Å². The number of carbonyl (C=O) groups excluding carboxylic acids is 2. The topological polar surface area (TPSA) is 62.6 Å². The Labute approximate surface area is 157 Å². The van der Waals surface area contributed by atoms with Crippen molar-refractivity contribution in [1.82, 2.24) is 5.32 Å². The van der Waals surface area contributed by atoms with Crippen molar-refractivity contribution in [3.63, 3.8) is 0 Å². The highest BCUT2D eigenvalue weighted by Gasteiger charge is 2.17. The number of anilines is 1. The molecule has 26 heavy (non-hydrogen) atoms. The Morgan fingerprint density at radius 2 is 1.69 bits per heavy atom. The number of quaternary nitrogens is 1. The number of amides is 2. The average molecular weight is 379 g/mol. The third-order valence-electron chi connectivity index (χ3n) is 3.80. The Kier molecular flexibility index (Phi) is 7.12. The molecule has 3 N–H and O–H groups in total. The highest BCUT2D eigenvalue weighted by atomic mass is 35.5. The number of rotatable bonds is 7. The molecule has 0 saturated carbocycles. The number of hydrogen-bond acceptors (Lipinski definition) is 2. The van der Waals surface area contributed by atoms with Crippen LogP contribution in [0.2, 0.25) is 5.02 Å². The number of hydrogen-bond donors (Lipinski definition) is 3. The predicted octanol–water partition coefficient (Wildman–Crippen LogP) is 1.81. The quantitative estimate of drug-likeness (QED) is 0.688. The van der Waals surface area contributed by atoms with Gasteiger partial charge in [0.15, 0.2) is 13.1 Å². The predicted molar refractivity (Wildman–Crippen MR) is 99.7 cm³/mol. The Morgan fingerprint density at radius 3 is 2.35 bits per heavy atom. The maximum Gasteiger partial charge on any atom is 0.279 e. The zero-order valence-corrected chi connectivity index (χ0v) is 15.4. The Bertz CT molecular complexity index is 768. The third kappa shape index (κ3) is 6.13. The van der Waals surface area contributed by atoms with Gasteiger partial charge in [0.05, 0.1) is 13.1 Å². The van der Waals surface area contributed by atoms with Gasteiger partial charge < -0.3 is 15.5 Å². The van der Waals surface area contributed by atoms with Gasteiger partial charge in [0.25, 0.3) is 11.8 Å². The lowest BCUT2D eigenvalue weighted by Crippen LogP contribution is -3.11. The molecule has 2 aromatic rings. The Morgan fingerprint density at radius 1 is 1.08 bits per heavy atom. The molecular formula is C19H22ClFN3O2+. The minimum Gasteiger partial charge on any atom is -0.345 e. The first kappa shape index (κ1) is 19.9. The molecule has 0 aliphatic carbocycles. The van der Waals surface area contributed by atoms with E-state index in [-0.39, 0.29) is 36.8 Å². The lowest BCUT2D eigenvalue weighted by molar-refractivity contribution is -0.862. The van der Waals surface area contributed by atoms with E-state index in [4.69, 9.17) is 11.6 Å². The maximum absolute atomic E-state index is 12.9. The third-order valence-corrected chi connectivity index (χ3v) is 4.15. The van der Waals surface area contributed by atoms with Crippen LogP contribution in [0.15, 0.2) is 48.5 Å². The van der Waals surface area contributed by atoms with Gasteiger partial charge in [0, 0.05) is 10.7 Å². The lowest BCUT2D eigenvalue weighted by atomic mass is 10.1. The smallest absolute Gasteiger partial charge is 0.279 e. The van der Waals surface area contributed by atoms with Gasteiger partial charge in [-0.25, -0.2) is 4.39 Å². The molecule has 2 amide bonds. The summed E-state index contributed by atoms with van der Waals surface area (Å²) in [5, 5.41) is 6.15. The molecule has 7 heteroatoms. The van der Waals surface area contributed by atoms with E-state index in [9.17, 15) is 14.0 Å². The summed E-state index contributed by atoms with van der Waals surface area (Å²) >= 11 is 6.13. The van der Waals surface area contributed by atoms with Crippen LogP contribution in [-0.2, 0) is 9.59 Å². The van der Waals surface area contributed by atoms with Crippen LogP contribution in [0, 0.1) is 5.82 Å². The number of likely N-dealkylation sites (N-methyl/N-ethyl adjacent to an activating group) is 1. The molecule has 0 aromatic heterocycles. The summed E-state index contributed by atoms with van der Waals surface area (Å²) in [6, 6.07) is 12.6. The van der Waals surface area contributed by atoms with Gasteiger partial charge in [-0.2, -0.15) is 0 Å². The summed E-state index contributed by atoms with van der Waals surface area (Å²) in [5.41, 5.74) is 1.36. The van der Waals surface area contributed by atoms with E-state index >= 15 is 0 Å². The van der Waals surface area contributed by atoms with E-state index in [1.54, 1.807) is 13.1 Å². The van der Waals surface area contributed by atoms with Crippen LogP contribution in [0.1, 0.15) is 18.5 Å². The number of nitrogens with one attached hydrogen (secondary N) is 3. The maximum atomic E-state index is 12.9. The van der Waals surface area contributed by atoms with Crippen molar-refractivity contribution < 1.29 is 18.9 Å². The van der Waals surface area contributed by atoms with E-state index in [2.05, 4.69) is 10.6 Å². The van der Waals surface area contributed by atoms with Gasteiger partial charge in [-0.05, 0) is 42.8 Å². The molecule has 138 valence electrons. The van der Waals surface area contributed by atoms with E-state index in [0.717, 1.165) is 10.5 Å². The van der Waals surface area contributed by atoms with E-state index < -0.39 is 0 Å². The normalized spacial score (nSPS) is 12.9. The molecule has 0 heterocycles. The van der Waals surface area contributed by atoms with Crippen LogP contribution < -0.4 is 15.5 Å². The minimum absolute atomic E-state index is 0.116. The Balaban J connectivity index is 1.80. The number of halogens is 2. The zero-order valence-electron chi connectivity index (χ0n) is 14.7. The van der Waals surface area contributed by atoms with Crippen LogP contribution in [0.5, 0.6) is 0 Å². The standard InChI is InChI=1S/C19H21ClFN3O2/c1-13(16-5-3-4-6-17(16)20)22-18(25)11-24(2)12-19(26)23-15-9-7-14(21)8-10-15/h3-10,13H,11-12H2,1-2H3,(H,22,25)(H,23,26)/p+1/t13-/m0/s1. The van der Waals surface area contributed by atoms with E-state index in [1.165, 1.54) is 24.3 Å². The molecule has 2 rings (SSSR count). The second kappa shape index (κ2) is 9.31. The molecule has 0 aliphatic rings. The van der Waals surface area contributed by atoms with Crippen molar-refractivity contribution in [2.75, 3.05) is 25.5 Å². The molecule has 2 atom stereocenters. The molecule has 0 aliphatic heterocycles. The molecule has 2 aromatic carbocycles. The van der Waals surface area contributed by atoms with Gasteiger partial charge in [-0.3, -0.25) is 9.59 Å². The first-order valence-electron chi connectivity index (χ1n) is 8.25. The Hall–Kier alpha value is -2.44. The van der Waals surface area contributed by atoms with Crippen LogP contribution in [0.25, 0.3) is 0 Å². The van der Waals surface area contributed by atoms with Gasteiger partial charge in [0.2, 0.25) is 0 Å². The summed E-state index contributed by atoms with van der Waals surface area (Å²) < 4.78 is 12.9. The monoisotopic (exact) mass is 378 g/mol. The zero-order chi connectivity index (χ0) is 19.1. The largest absolute Gasteiger partial charge is 0.345 e. The van der Waals surface area contributed by atoms with Crippen LogP contribution >= 0.6 is 11.6 Å². The van der Waals surface area contributed by atoms with Gasteiger partial charge >= 0.3 is 0 Å². The molecule has 0 radical (unpaired) electrons.